The van der Waals surface area contributed by atoms with Gasteiger partial charge in [0.1, 0.15) is 10.8 Å². The lowest BCUT2D eigenvalue weighted by Gasteiger charge is -2.33. The number of carbonyl (C=O) groups is 2. The van der Waals surface area contributed by atoms with Gasteiger partial charge in [0.25, 0.3) is 0 Å². The SMILES string of the molecule is COC(=O)c1cc(C)sc1NC(=O)CN1CCN(S(=O)(=O)c2ccc(F)cc2)CC1. The zero-order valence-corrected chi connectivity index (χ0v) is 18.2. The van der Waals surface area contributed by atoms with Gasteiger partial charge in [-0.1, -0.05) is 0 Å². The highest BCUT2D eigenvalue weighted by Gasteiger charge is 2.29. The van der Waals surface area contributed by atoms with Crippen molar-refractivity contribution in [3.05, 3.63) is 46.6 Å². The number of halogens is 1. The van der Waals surface area contributed by atoms with Crippen LogP contribution in [0.25, 0.3) is 0 Å². The molecule has 0 atom stereocenters. The van der Waals surface area contributed by atoms with E-state index in [2.05, 4.69) is 5.32 Å². The summed E-state index contributed by atoms with van der Waals surface area (Å²) in [6, 6.07) is 6.37. The zero-order chi connectivity index (χ0) is 21.9. The van der Waals surface area contributed by atoms with E-state index in [9.17, 15) is 22.4 Å². The summed E-state index contributed by atoms with van der Waals surface area (Å²) in [6.45, 7) is 3.09. The Morgan fingerprint density at radius 2 is 1.80 bits per heavy atom. The van der Waals surface area contributed by atoms with Crippen molar-refractivity contribution in [1.82, 2.24) is 9.21 Å². The van der Waals surface area contributed by atoms with Crippen molar-refractivity contribution in [1.29, 1.82) is 0 Å². The van der Waals surface area contributed by atoms with Crippen LogP contribution in [0.3, 0.4) is 0 Å². The van der Waals surface area contributed by atoms with E-state index in [4.69, 9.17) is 4.74 Å². The molecule has 1 fully saturated rings. The molecule has 0 bridgehead atoms. The summed E-state index contributed by atoms with van der Waals surface area (Å²) < 4.78 is 44.4. The third-order valence-corrected chi connectivity index (χ3v) is 7.54. The van der Waals surface area contributed by atoms with Crippen molar-refractivity contribution in [3.8, 4) is 0 Å². The van der Waals surface area contributed by atoms with E-state index in [0.717, 1.165) is 17.0 Å². The number of rotatable bonds is 6. The number of thiophene rings is 1. The Morgan fingerprint density at radius 3 is 2.40 bits per heavy atom. The molecule has 0 saturated carbocycles. The maximum atomic E-state index is 13.1. The zero-order valence-electron chi connectivity index (χ0n) is 16.6. The highest BCUT2D eigenvalue weighted by Crippen LogP contribution is 2.28. The van der Waals surface area contributed by atoms with Crippen LogP contribution < -0.4 is 5.32 Å². The maximum absolute atomic E-state index is 13.1. The second-order valence-electron chi connectivity index (χ2n) is 6.77. The Bertz CT molecular complexity index is 1030. The van der Waals surface area contributed by atoms with E-state index >= 15 is 0 Å². The average molecular weight is 456 g/mol. The molecule has 1 N–H and O–H groups in total. The number of ether oxygens (including phenoxy) is 1. The van der Waals surface area contributed by atoms with E-state index < -0.39 is 21.8 Å². The average Bonchev–Trinajstić information content (AvgIpc) is 3.08. The fourth-order valence-electron chi connectivity index (χ4n) is 3.12. The Morgan fingerprint density at radius 1 is 1.17 bits per heavy atom. The number of piperazine rings is 1. The molecular formula is C19H22FN3O5S2. The molecule has 1 saturated heterocycles. The Hall–Kier alpha value is -2.34. The first-order valence-electron chi connectivity index (χ1n) is 9.17. The van der Waals surface area contributed by atoms with E-state index in [1.54, 1.807) is 6.07 Å². The minimum atomic E-state index is -3.70. The minimum Gasteiger partial charge on any atom is -0.465 e. The molecule has 2 aromatic rings. The number of anilines is 1. The van der Waals surface area contributed by atoms with E-state index in [-0.39, 0.29) is 30.4 Å². The van der Waals surface area contributed by atoms with Crippen LogP contribution in [0.15, 0.2) is 35.2 Å². The molecule has 0 radical (unpaired) electrons. The quantitative estimate of drug-likeness (QED) is 0.669. The van der Waals surface area contributed by atoms with Gasteiger partial charge >= 0.3 is 5.97 Å². The number of hydrogen-bond donors (Lipinski definition) is 1. The number of hydrogen-bond acceptors (Lipinski definition) is 7. The van der Waals surface area contributed by atoms with Crippen molar-refractivity contribution in [2.75, 3.05) is 45.2 Å². The molecule has 1 amide bonds. The first kappa shape index (κ1) is 22.3. The van der Waals surface area contributed by atoms with Gasteiger partial charge < -0.3 is 10.1 Å². The summed E-state index contributed by atoms with van der Waals surface area (Å²) >= 11 is 1.29. The standard InChI is InChI=1S/C19H22FN3O5S2/c1-13-11-16(19(25)28-2)18(29-13)21-17(24)12-22-7-9-23(10-8-22)30(26,27)15-5-3-14(20)4-6-15/h3-6,11H,7-10,12H2,1-2H3,(H,21,24). The van der Waals surface area contributed by atoms with Crippen LogP contribution in [0, 0.1) is 12.7 Å². The summed E-state index contributed by atoms with van der Waals surface area (Å²) in [5.41, 5.74) is 0.309. The summed E-state index contributed by atoms with van der Waals surface area (Å²) in [4.78, 5) is 27.0. The van der Waals surface area contributed by atoms with Crippen LogP contribution >= 0.6 is 11.3 Å². The first-order chi connectivity index (χ1) is 14.2. The lowest BCUT2D eigenvalue weighted by molar-refractivity contribution is -0.117. The molecule has 0 spiro atoms. The van der Waals surface area contributed by atoms with Gasteiger partial charge in [0.15, 0.2) is 0 Å². The first-order valence-corrected chi connectivity index (χ1v) is 11.4. The van der Waals surface area contributed by atoms with Crippen molar-refractivity contribution in [2.24, 2.45) is 0 Å². The monoisotopic (exact) mass is 455 g/mol. The molecule has 8 nitrogen and oxygen atoms in total. The molecule has 3 rings (SSSR count). The van der Waals surface area contributed by atoms with Gasteiger partial charge in [0.2, 0.25) is 15.9 Å². The predicted molar refractivity (Wildman–Crippen MR) is 111 cm³/mol. The van der Waals surface area contributed by atoms with E-state index in [0.29, 0.717) is 23.7 Å². The molecule has 162 valence electrons. The van der Waals surface area contributed by atoms with Crippen molar-refractivity contribution in [3.63, 3.8) is 0 Å². The lowest BCUT2D eigenvalue weighted by Crippen LogP contribution is -2.50. The Kier molecular flexibility index (Phi) is 6.86. The fourth-order valence-corrected chi connectivity index (χ4v) is 5.46. The molecule has 0 aliphatic carbocycles. The van der Waals surface area contributed by atoms with E-state index in [1.807, 2.05) is 11.8 Å². The number of methoxy groups -OCH3 is 1. The van der Waals surface area contributed by atoms with Crippen molar-refractivity contribution < 1.29 is 27.1 Å². The smallest absolute Gasteiger partial charge is 0.340 e. The van der Waals surface area contributed by atoms with Gasteiger partial charge in [-0.05, 0) is 37.3 Å². The third-order valence-electron chi connectivity index (χ3n) is 4.66. The largest absolute Gasteiger partial charge is 0.465 e. The van der Waals surface area contributed by atoms with Gasteiger partial charge in [-0.2, -0.15) is 4.31 Å². The molecule has 1 aliphatic heterocycles. The Balaban J connectivity index is 1.56. The summed E-state index contributed by atoms with van der Waals surface area (Å²) in [7, 11) is -2.43. The van der Waals surface area contributed by atoms with Gasteiger partial charge in [0, 0.05) is 31.1 Å². The number of benzene rings is 1. The van der Waals surface area contributed by atoms with Crippen molar-refractivity contribution >= 4 is 38.2 Å². The molecule has 1 aromatic carbocycles. The number of nitrogens with zero attached hydrogens (tertiary/aromatic N) is 2. The molecule has 0 unspecified atom stereocenters. The predicted octanol–water partition coefficient (Wildman–Crippen LogP) is 1.93. The van der Waals surface area contributed by atoms with Crippen LogP contribution in [0.5, 0.6) is 0 Å². The summed E-state index contributed by atoms with van der Waals surface area (Å²) in [5.74, 6) is -1.31. The van der Waals surface area contributed by atoms with Gasteiger partial charge in [0.05, 0.1) is 24.1 Å². The molecular weight excluding hydrogens is 433 g/mol. The molecule has 11 heteroatoms. The van der Waals surface area contributed by atoms with E-state index in [1.165, 1.54) is 34.9 Å². The van der Waals surface area contributed by atoms with Gasteiger partial charge in [-0.25, -0.2) is 17.6 Å². The van der Waals surface area contributed by atoms with Crippen LogP contribution in [0.2, 0.25) is 0 Å². The molecule has 1 aliphatic rings. The van der Waals surface area contributed by atoms with Crippen molar-refractivity contribution in [2.45, 2.75) is 11.8 Å². The minimum absolute atomic E-state index is 0.0403. The topological polar surface area (TPSA) is 96.0 Å². The fraction of sp³-hybridized carbons (Fsp3) is 0.368. The second kappa shape index (κ2) is 9.21. The number of amides is 1. The highest BCUT2D eigenvalue weighted by molar-refractivity contribution is 7.89. The number of carbonyl (C=O) groups excluding carboxylic acids is 2. The van der Waals surface area contributed by atoms with Crippen LogP contribution in [0.4, 0.5) is 9.39 Å². The number of nitrogens with one attached hydrogen (secondary N) is 1. The second-order valence-corrected chi connectivity index (χ2v) is 9.97. The number of sulfonamides is 1. The maximum Gasteiger partial charge on any atom is 0.340 e. The molecule has 30 heavy (non-hydrogen) atoms. The summed E-state index contributed by atoms with van der Waals surface area (Å²) in [5, 5.41) is 3.17. The van der Waals surface area contributed by atoms with Crippen LogP contribution in [-0.2, 0) is 19.6 Å². The highest BCUT2D eigenvalue weighted by atomic mass is 32.2. The van der Waals surface area contributed by atoms with Crippen LogP contribution in [0.1, 0.15) is 15.2 Å². The normalized spacial score (nSPS) is 15.7. The van der Waals surface area contributed by atoms with Gasteiger partial charge in [-0.3, -0.25) is 9.69 Å². The lowest BCUT2D eigenvalue weighted by atomic mass is 10.3. The number of esters is 1. The number of aryl methyl sites for hydroxylation is 1. The van der Waals surface area contributed by atoms with Crippen LogP contribution in [-0.4, -0.2) is 69.3 Å². The third kappa shape index (κ3) is 5.04. The molecule has 2 heterocycles. The van der Waals surface area contributed by atoms with Gasteiger partial charge in [-0.15, -0.1) is 11.3 Å². The Labute approximate surface area is 178 Å². The summed E-state index contributed by atoms with van der Waals surface area (Å²) in [6.07, 6.45) is 0. The molecule has 1 aromatic heterocycles.